The molecule has 2 rings (SSSR count). The summed E-state index contributed by atoms with van der Waals surface area (Å²) < 4.78 is 1.74. The highest BCUT2D eigenvalue weighted by Gasteiger charge is 2.20. The topological polar surface area (TPSA) is 24.9 Å². The summed E-state index contributed by atoms with van der Waals surface area (Å²) in [6, 6.07) is 2.19. The molecule has 0 aliphatic heterocycles. The van der Waals surface area contributed by atoms with Crippen LogP contribution in [-0.2, 0) is 6.42 Å². The van der Waals surface area contributed by atoms with Gasteiger partial charge in [-0.25, -0.2) is 4.98 Å². The fourth-order valence-electron chi connectivity index (χ4n) is 1.79. The summed E-state index contributed by atoms with van der Waals surface area (Å²) in [6.45, 7) is 4.27. The zero-order valence-electron chi connectivity index (χ0n) is 10.4. The summed E-state index contributed by atoms with van der Waals surface area (Å²) in [7, 11) is 1.95. The molecule has 1 N–H and O–H groups in total. The van der Waals surface area contributed by atoms with Gasteiger partial charge in [-0.2, -0.15) is 0 Å². The third-order valence-electron chi connectivity index (χ3n) is 2.73. The fourth-order valence-corrected chi connectivity index (χ4v) is 4.86. The molecular weight excluding hydrogens is 352 g/mol. The molecule has 0 radical (unpaired) electrons. The van der Waals surface area contributed by atoms with E-state index >= 15 is 0 Å². The van der Waals surface area contributed by atoms with Gasteiger partial charge in [0.2, 0.25) is 0 Å². The van der Waals surface area contributed by atoms with Gasteiger partial charge in [0.1, 0.15) is 9.34 Å². The SMILES string of the molecule is CCc1nc(C(NC)c2cc(Br)c(Cl)s2)sc1C. The highest BCUT2D eigenvalue weighted by molar-refractivity contribution is 9.10. The summed E-state index contributed by atoms with van der Waals surface area (Å²) in [6.07, 6.45) is 0.980. The first-order valence-corrected chi connectivity index (χ1v) is 8.45. The minimum Gasteiger partial charge on any atom is -0.307 e. The van der Waals surface area contributed by atoms with E-state index < -0.39 is 0 Å². The summed E-state index contributed by atoms with van der Waals surface area (Å²) in [5, 5.41) is 4.43. The van der Waals surface area contributed by atoms with Crippen LogP contribution >= 0.6 is 50.2 Å². The third kappa shape index (κ3) is 2.80. The molecule has 0 saturated carbocycles. The fraction of sp³-hybridized carbons (Fsp3) is 0.417. The number of halogens is 2. The Hall–Kier alpha value is 0.0600. The van der Waals surface area contributed by atoms with Gasteiger partial charge in [-0.3, -0.25) is 0 Å². The lowest BCUT2D eigenvalue weighted by atomic mass is 10.2. The van der Waals surface area contributed by atoms with Crippen molar-refractivity contribution in [1.29, 1.82) is 0 Å². The number of nitrogens with zero attached hydrogens (tertiary/aromatic N) is 1. The predicted molar refractivity (Wildman–Crippen MR) is 84.2 cm³/mol. The van der Waals surface area contributed by atoms with Gasteiger partial charge in [-0.15, -0.1) is 22.7 Å². The van der Waals surface area contributed by atoms with Crippen LogP contribution in [0.1, 0.15) is 33.4 Å². The second kappa shape index (κ2) is 6.01. The van der Waals surface area contributed by atoms with E-state index in [-0.39, 0.29) is 6.04 Å². The van der Waals surface area contributed by atoms with Crippen LogP contribution in [0, 0.1) is 6.92 Å². The number of nitrogens with one attached hydrogen (secondary N) is 1. The van der Waals surface area contributed by atoms with E-state index in [9.17, 15) is 0 Å². The van der Waals surface area contributed by atoms with Crippen molar-refractivity contribution in [3.8, 4) is 0 Å². The molecular formula is C12H14BrClN2S2. The van der Waals surface area contributed by atoms with Crippen LogP contribution in [0.25, 0.3) is 0 Å². The Labute approximate surface area is 129 Å². The van der Waals surface area contributed by atoms with E-state index in [1.807, 2.05) is 7.05 Å². The molecule has 0 aliphatic rings. The van der Waals surface area contributed by atoms with Crippen molar-refractivity contribution >= 4 is 50.2 Å². The van der Waals surface area contributed by atoms with Crippen LogP contribution in [0.3, 0.4) is 0 Å². The molecule has 0 saturated heterocycles. The Balaban J connectivity index is 2.38. The minimum atomic E-state index is 0.128. The second-order valence-electron chi connectivity index (χ2n) is 3.90. The molecule has 2 nitrogen and oxygen atoms in total. The molecule has 6 heteroatoms. The summed E-state index contributed by atoms with van der Waals surface area (Å²) >= 11 is 12.9. The Morgan fingerprint density at radius 3 is 2.67 bits per heavy atom. The number of hydrogen-bond acceptors (Lipinski definition) is 4. The van der Waals surface area contributed by atoms with Crippen molar-refractivity contribution in [2.24, 2.45) is 0 Å². The average molecular weight is 366 g/mol. The number of rotatable bonds is 4. The van der Waals surface area contributed by atoms with Crippen LogP contribution in [-0.4, -0.2) is 12.0 Å². The number of thiophene rings is 1. The molecule has 0 fully saturated rings. The molecule has 1 atom stereocenters. The Bertz CT molecular complexity index is 531. The molecule has 0 spiro atoms. The first-order valence-electron chi connectivity index (χ1n) is 5.65. The first-order chi connectivity index (χ1) is 8.56. The lowest BCUT2D eigenvalue weighted by molar-refractivity contribution is 0.695. The Morgan fingerprint density at radius 1 is 1.50 bits per heavy atom. The first kappa shape index (κ1) is 14.5. The number of hydrogen-bond donors (Lipinski definition) is 1. The van der Waals surface area contributed by atoms with Gasteiger partial charge < -0.3 is 5.32 Å². The van der Waals surface area contributed by atoms with E-state index in [2.05, 4.69) is 41.2 Å². The average Bonchev–Trinajstić information content (AvgIpc) is 2.85. The van der Waals surface area contributed by atoms with E-state index in [1.165, 1.54) is 15.4 Å². The maximum Gasteiger partial charge on any atom is 0.115 e. The second-order valence-corrected chi connectivity index (χ2v) is 7.68. The molecule has 1 unspecified atom stereocenters. The van der Waals surface area contributed by atoms with Crippen molar-refractivity contribution < 1.29 is 0 Å². The number of aromatic nitrogens is 1. The van der Waals surface area contributed by atoms with E-state index in [0.29, 0.717) is 0 Å². The van der Waals surface area contributed by atoms with Gasteiger partial charge in [-0.05, 0) is 42.4 Å². The van der Waals surface area contributed by atoms with Crippen LogP contribution in [0.15, 0.2) is 10.5 Å². The Kier molecular flexibility index (Phi) is 4.83. The lowest BCUT2D eigenvalue weighted by Crippen LogP contribution is -2.16. The molecule has 0 aromatic carbocycles. The monoisotopic (exact) mass is 364 g/mol. The molecule has 0 bridgehead atoms. The van der Waals surface area contributed by atoms with Crippen LogP contribution in [0.5, 0.6) is 0 Å². The molecule has 2 heterocycles. The zero-order valence-corrected chi connectivity index (χ0v) is 14.4. The minimum absolute atomic E-state index is 0.128. The van der Waals surface area contributed by atoms with Crippen LogP contribution in [0.2, 0.25) is 4.34 Å². The lowest BCUT2D eigenvalue weighted by Gasteiger charge is -2.10. The highest BCUT2D eigenvalue weighted by atomic mass is 79.9. The highest BCUT2D eigenvalue weighted by Crippen LogP contribution is 2.38. The molecule has 2 aromatic rings. The van der Waals surface area contributed by atoms with Gasteiger partial charge in [0.25, 0.3) is 0 Å². The van der Waals surface area contributed by atoms with E-state index in [1.54, 1.807) is 22.7 Å². The van der Waals surface area contributed by atoms with Gasteiger partial charge >= 0.3 is 0 Å². The largest absolute Gasteiger partial charge is 0.307 e. The normalized spacial score (nSPS) is 12.9. The molecule has 2 aromatic heterocycles. The maximum absolute atomic E-state index is 6.11. The zero-order chi connectivity index (χ0) is 13.3. The van der Waals surface area contributed by atoms with Gasteiger partial charge in [0, 0.05) is 14.2 Å². The van der Waals surface area contributed by atoms with E-state index in [4.69, 9.17) is 16.6 Å². The van der Waals surface area contributed by atoms with Crippen LogP contribution in [0.4, 0.5) is 0 Å². The molecule has 0 amide bonds. The summed E-state index contributed by atoms with van der Waals surface area (Å²) in [4.78, 5) is 7.21. The number of aryl methyl sites for hydroxylation is 2. The maximum atomic E-state index is 6.11. The standard InChI is InChI=1S/C12H14BrClN2S2/c1-4-8-6(2)17-12(16-8)10(15-3)9-5-7(13)11(14)18-9/h5,10,15H,4H2,1-3H3. The van der Waals surface area contributed by atoms with Crippen molar-refractivity contribution in [3.05, 3.63) is 35.3 Å². The van der Waals surface area contributed by atoms with Crippen molar-refractivity contribution in [1.82, 2.24) is 10.3 Å². The molecule has 18 heavy (non-hydrogen) atoms. The van der Waals surface area contributed by atoms with Gasteiger partial charge in [0.05, 0.1) is 11.7 Å². The number of thiazole rings is 1. The van der Waals surface area contributed by atoms with Crippen molar-refractivity contribution in [2.75, 3.05) is 7.05 Å². The molecule has 98 valence electrons. The van der Waals surface area contributed by atoms with E-state index in [0.717, 1.165) is 20.2 Å². The van der Waals surface area contributed by atoms with Gasteiger partial charge in [-0.1, -0.05) is 18.5 Å². The smallest absolute Gasteiger partial charge is 0.115 e. The Morgan fingerprint density at radius 2 is 2.22 bits per heavy atom. The third-order valence-corrected chi connectivity index (χ3v) is 6.35. The van der Waals surface area contributed by atoms with Crippen molar-refractivity contribution in [2.45, 2.75) is 26.3 Å². The summed E-state index contributed by atoms with van der Waals surface area (Å²) in [5.74, 6) is 0. The quantitative estimate of drug-likeness (QED) is 0.841. The predicted octanol–water partition coefficient (Wildman–Crippen LogP) is 4.80. The van der Waals surface area contributed by atoms with Crippen molar-refractivity contribution in [3.63, 3.8) is 0 Å². The van der Waals surface area contributed by atoms with Crippen LogP contribution < -0.4 is 5.32 Å². The summed E-state index contributed by atoms with van der Waals surface area (Å²) in [5.41, 5.74) is 1.19. The van der Waals surface area contributed by atoms with Gasteiger partial charge in [0.15, 0.2) is 0 Å². The molecule has 0 aliphatic carbocycles.